The first-order valence-corrected chi connectivity index (χ1v) is 7.99. The van der Waals surface area contributed by atoms with Crippen LogP contribution in [0.5, 0.6) is 0 Å². The van der Waals surface area contributed by atoms with Gasteiger partial charge in [0.05, 0.1) is 6.54 Å². The molecule has 2 amide bonds. The molecule has 6 heteroatoms. The maximum Gasteiger partial charge on any atom is 0.238 e. The molecule has 0 saturated heterocycles. The first kappa shape index (κ1) is 18.0. The molecule has 0 aliphatic rings. The van der Waals surface area contributed by atoms with Crippen molar-refractivity contribution in [2.45, 2.75) is 19.9 Å². The molecule has 126 valence electrons. The molecule has 0 aliphatic carbocycles. The van der Waals surface area contributed by atoms with Crippen LogP contribution in [0.4, 0.5) is 11.4 Å². The van der Waals surface area contributed by atoms with Crippen LogP contribution in [-0.4, -0.2) is 18.4 Å². The van der Waals surface area contributed by atoms with E-state index in [1.165, 1.54) is 6.92 Å². The van der Waals surface area contributed by atoms with Crippen LogP contribution in [0.2, 0.25) is 5.02 Å². The lowest BCUT2D eigenvalue weighted by Crippen LogP contribution is -2.30. The summed E-state index contributed by atoms with van der Waals surface area (Å²) in [6.45, 7) is 3.54. The van der Waals surface area contributed by atoms with E-state index in [1.54, 1.807) is 24.3 Å². The van der Waals surface area contributed by atoms with Crippen molar-refractivity contribution in [1.29, 1.82) is 0 Å². The molecule has 0 saturated carbocycles. The molecule has 1 atom stereocenters. The summed E-state index contributed by atoms with van der Waals surface area (Å²) >= 11 is 6.15. The van der Waals surface area contributed by atoms with Crippen LogP contribution in [-0.2, 0) is 9.59 Å². The number of amides is 2. The van der Waals surface area contributed by atoms with Crippen molar-refractivity contribution in [3.05, 3.63) is 59.1 Å². The second-order valence-electron chi connectivity index (χ2n) is 5.43. The van der Waals surface area contributed by atoms with Crippen molar-refractivity contribution in [2.75, 3.05) is 17.2 Å². The molecule has 2 aromatic carbocycles. The molecule has 24 heavy (non-hydrogen) atoms. The Balaban J connectivity index is 1.89. The van der Waals surface area contributed by atoms with Crippen LogP contribution in [0.25, 0.3) is 0 Å². The van der Waals surface area contributed by atoms with Gasteiger partial charge in [-0.1, -0.05) is 35.9 Å². The summed E-state index contributed by atoms with van der Waals surface area (Å²) < 4.78 is 0. The zero-order valence-corrected chi connectivity index (χ0v) is 14.4. The van der Waals surface area contributed by atoms with Crippen LogP contribution in [0, 0.1) is 0 Å². The van der Waals surface area contributed by atoms with Gasteiger partial charge in [0.1, 0.15) is 0 Å². The fourth-order valence-corrected chi connectivity index (χ4v) is 2.56. The number of carbonyl (C=O) groups excluding carboxylic acids is 2. The number of carbonyl (C=O) groups is 2. The number of benzene rings is 2. The molecule has 0 unspecified atom stereocenters. The third-order valence-electron chi connectivity index (χ3n) is 3.41. The first-order chi connectivity index (χ1) is 11.5. The number of hydrogen-bond acceptors (Lipinski definition) is 3. The number of nitrogens with one attached hydrogen (secondary N) is 3. The van der Waals surface area contributed by atoms with Crippen molar-refractivity contribution in [3.8, 4) is 0 Å². The van der Waals surface area contributed by atoms with Gasteiger partial charge in [0.25, 0.3) is 0 Å². The summed E-state index contributed by atoms with van der Waals surface area (Å²) in [5, 5.41) is 9.28. The number of hydrogen-bond donors (Lipinski definition) is 3. The van der Waals surface area contributed by atoms with Crippen LogP contribution in [0.15, 0.2) is 48.5 Å². The summed E-state index contributed by atoms with van der Waals surface area (Å²) in [6, 6.07) is 14.5. The largest absolute Gasteiger partial charge is 0.326 e. The fraction of sp³-hybridized carbons (Fsp3) is 0.222. The Morgan fingerprint density at radius 2 is 1.71 bits per heavy atom. The molecule has 0 heterocycles. The van der Waals surface area contributed by atoms with Gasteiger partial charge in [-0.15, -0.1) is 0 Å². The molecule has 2 rings (SSSR count). The lowest BCUT2D eigenvalue weighted by atomic mass is 10.1. The highest BCUT2D eigenvalue weighted by Gasteiger charge is 2.10. The minimum Gasteiger partial charge on any atom is -0.326 e. The third-order valence-corrected chi connectivity index (χ3v) is 3.75. The van der Waals surface area contributed by atoms with Crippen molar-refractivity contribution in [1.82, 2.24) is 5.32 Å². The monoisotopic (exact) mass is 345 g/mol. The second-order valence-corrected chi connectivity index (χ2v) is 5.84. The van der Waals surface area contributed by atoms with Gasteiger partial charge in [-0.3, -0.25) is 9.59 Å². The van der Waals surface area contributed by atoms with E-state index in [4.69, 9.17) is 11.6 Å². The van der Waals surface area contributed by atoms with Gasteiger partial charge in [-0.2, -0.15) is 0 Å². The van der Waals surface area contributed by atoms with Gasteiger partial charge in [0, 0.05) is 29.4 Å². The highest BCUT2D eigenvalue weighted by Crippen LogP contribution is 2.22. The molecule has 0 radical (unpaired) electrons. The lowest BCUT2D eigenvalue weighted by Gasteiger charge is -2.15. The van der Waals surface area contributed by atoms with Crippen LogP contribution >= 0.6 is 11.6 Å². The van der Waals surface area contributed by atoms with Crippen molar-refractivity contribution < 1.29 is 9.59 Å². The molecule has 3 N–H and O–H groups in total. The van der Waals surface area contributed by atoms with E-state index in [9.17, 15) is 9.59 Å². The van der Waals surface area contributed by atoms with Gasteiger partial charge in [0.2, 0.25) is 11.8 Å². The Bertz CT molecular complexity index is 734. The number of rotatable bonds is 6. The maximum atomic E-state index is 12.1. The normalized spacial score (nSPS) is 11.6. The maximum absolute atomic E-state index is 12.1. The average molecular weight is 346 g/mol. The highest BCUT2D eigenvalue weighted by molar-refractivity contribution is 6.31. The van der Waals surface area contributed by atoms with Crippen molar-refractivity contribution in [3.63, 3.8) is 0 Å². The van der Waals surface area contributed by atoms with E-state index in [0.717, 1.165) is 5.56 Å². The Hall–Kier alpha value is -2.37. The highest BCUT2D eigenvalue weighted by atomic mass is 35.5. The van der Waals surface area contributed by atoms with E-state index in [1.807, 2.05) is 31.2 Å². The third kappa shape index (κ3) is 5.37. The predicted molar refractivity (Wildman–Crippen MR) is 97.2 cm³/mol. The Morgan fingerprint density at radius 1 is 1.04 bits per heavy atom. The summed E-state index contributed by atoms with van der Waals surface area (Å²) in [7, 11) is 0. The van der Waals surface area contributed by atoms with E-state index in [2.05, 4.69) is 16.0 Å². The minimum atomic E-state index is -0.172. The Morgan fingerprint density at radius 3 is 2.38 bits per heavy atom. The molecular formula is C18H20ClN3O2. The van der Waals surface area contributed by atoms with Crippen LogP contribution in [0.3, 0.4) is 0 Å². The van der Waals surface area contributed by atoms with E-state index >= 15 is 0 Å². The molecule has 5 nitrogen and oxygen atoms in total. The quantitative estimate of drug-likeness (QED) is 0.749. The second kappa shape index (κ2) is 8.47. The Kier molecular flexibility index (Phi) is 6.35. The van der Waals surface area contributed by atoms with Gasteiger partial charge >= 0.3 is 0 Å². The zero-order chi connectivity index (χ0) is 17.5. The van der Waals surface area contributed by atoms with E-state index in [-0.39, 0.29) is 24.4 Å². The molecule has 0 aliphatic heterocycles. The summed E-state index contributed by atoms with van der Waals surface area (Å²) in [5.41, 5.74) is 2.20. The number of halogens is 1. The fourth-order valence-electron chi connectivity index (χ4n) is 2.27. The number of anilines is 2. The first-order valence-electron chi connectivity index (χ1n) is 7.61. The Labute approximate surface area is 146 Å². The van der Waals surface area contributed by atoms with Crippen LogP contribution < -0.4 is 16.0 Å². The molecule has 2 aromatic rings. The van der Waals surface area contributed by atoms with Gasteiger partial charge < -0.3 is 16.0 Å². The van der Waals surface area contributed by atoms with E-state index < -0.39 is 0 Å². The molecule has 0 bridgehead atoms. The van der Waals surface area contributed by atoms with Gasteiger partial charge in [0.15, 0.2) is 0 Å². The lowest BCUT2D eigenvalue weighted by molar-refractivity contribution is -0.115. The van der Waals surface area contributed by atoms with E-state index in [0.29, 0.717) is 16.4 Å². The SMILES string of the molecule is CC(=O)Nc1cccc(NC(=O)CN[C@@H](C)c2ccccc2Cl)c1. The summed E-state index contributed by atoms with van der Waals surface area (Å²) in [6.07, 6.45) is 0. The predicted octanol–water partition coefficient (Wildman–Crippen LogP) is 3.59. The average Bonchev–Trinajstić information content (AvgIpc) is 2.53. The van der Waals surface area contributed by atoms with Crippen LogP contribution in [0.1, 0.15) is 25.5 Å². The standard InChI is InChI=1S/C18H20ClN3O2/c1-12(16-8-3-4-9-17(16)19)20-11-18(24)22-15-7-5-6-14(10-15)21-13(2)23/h3-10,12,20H,11H2,1-2H3,(H,21,23)(H,22,24)/t12-/m0/s1. The van der Waals surface area contributed by atoms with Crippen molar-refractivity contribution in [2.24, 2.45) is 0 Å². The summed E-state index contributed by atoms with van der Waals surface area (Å²) in [5.74, 6) is -0.331. The topological polar surface area (TPSA) is 70.2 Å². The van der Waals surface area contributed by atoms with Gasteiger partial charge in [-0.25, -0.2) is 0 Å². The smallest absolute Gasteiger partial charge is 0.238 e. The van der Waals surface area contributed by atoms with Gasteiger partial charge in [-0.05, 0) is 36.8 Å². The molecular weight excluding hydrogens is 326 g/mol. The minimum absolute atomic E-state index is 0.0461. The summed E-state index contributed by atoms with van der Waals surface area (Å²) in [4.78, 5) is 23.1. The van der Waals surface area contributed by atoms with Crippen molar-refractivity contribution >= 4 is 34.8 Å². The molecule has 0 aromatic heterocycles. The molecule has 0 fully saturated rings. The molecule has 0 spiro atoms. The zero-order valence-electron chi connectivity index (χ0n) is 13.6.